The van der Waals surface area contributed by atoms with Crippen molar-refractivity contribution in [3.8, 4) is 11.4 Å². The summed E-state index contributed by atoms with van der Waals surface area (Å²) in [6, 6.07) is 9.34. The monoisotopic (exact) mass is 383 g/mol. The van der Waals surface area contributed by atoms with Gasteiger partial charge in [0.05, 0.1) is 5.75 Å². The number of nitrogens with one attached hydrogen (secondary N) is 1. The summed E-state index contributed by atoms with van der Waals surface area (Å²) >= 11 is 1.28. The Bertz CT molecular complexity index is 940. The van der Waals surface area contributed by atoms with Crippen molar-refractivity contribution in [2.24, 2.45) is 0 Å². The molecule has 1 amide bonds. The van der Waals surface area contributed by atoms with E-state index in [0.717, 1.165) is 11.1 Å². The van der Waals surface area contributed by atoms with Gasteiger partial charge >= 0.3 is 0 Å². The molecule has 0 aliphatic rings. The van der Waals surface area contributed by atoms with Gasteiger partial charge in [-0.25, -0.2) is 4.39 Å². The van der Waals surface area contributed by atoms with Gasteiger partial charge in [-0.3, -0.25) is 14.3 Å². The van der Waals surface area contributed by atoms with Gasteiger partial charge in [-0.05, 0) is 43.3 Å². The van der Waals surface area contributed by atoms with Gasteiger partial charge in [0.2, 0.25) is 5.91 Å². The minimum Gasteiger partial charge on any atom is -0.325 e. The summed E-state index contributed by atoms with van der Waals surface area (Å²) in [5.74, 6) is 0.296. The molecule has 0 radical (unpaired) electrons. The number of amides is 1. The number of anilines is 1. The Balaban J connectivity index is 1.72. The van der Waals surface area contributed by atoms with E-state index in [-0.39, 0.29) is 17.5 Å². The molecule has 2 heterocycles. The lowest BCUT2D eigenvalue weighted by Crippen LogP contribution is -2.14. The molecule has 1 aromatic carbocycles. The van der Waals surface area contributed by atoms with E-state index in [9.17, 15) is 9.18 Å². The van der Waals surface area contributed by atoms with Gasteiger partial charge in [-0.1, -0.05) is 23.9 Å². The molecule has 6 nitrogen and oxygen atoms in total. The number of thioether (sulfide) groups is 1. The van der Waals surface area contributed by atoms with Crippen LogP contribution in [0, 0.1) is 5.82 Å². The molecule has 27 heavy (non-hydrogen) atoms. The first-order valence-electron chi connectivity index (χ1n) is 8.19. The molecule has 0 atom stereocenters. The van der Waals surface area contributed by atoms with Crippen molar-refractivity contribution in [3.63, 3.8) is 0 Å². The summed E-state index contributed by atoms with van der Waals surface area (Å²) in [6.07, 6.45) is 3.39. The topological polar surface area (TPSA) is 72.7 Å². The first kappa shape index (κ1) is 18.8. The van der Waals surface area contributed by atoms with Crippen molar-refractivity contribution < 1.29 is 9.18 Å². The quantitative estimate of drug-likeness (QED) is 0.496. The molecule has 0 aliphatic heterocycles. The van der Waals surface area contributed by atoms with Crippen LogP contribution >= 0.6 is 11.8 Å². The number of pyridine rings is 1. The maximum absolute atomic E-state index is 12.9. The molecule has 0 fully saturated rings. The molecule has 0 aliphatic carbocycles. The Kier molecular flexibility index (Phi) is 5.97. The van der Waals surface area contributed by atoms with E-state index >= 15 is 0 Å². The number of nitrogens with zero attached hydrogens (tertiary/aromatic N) is 4. The Labute approximate surface area is 160 Å². The van der Waals surface area contributed by atoms with Crippen LogP contribution in [0.15, 0.2) is 66.1 Å². The highest BCUT2D eigenvalue weighted by molar-refractivity contribution is 7.99. The van der Waals surface area contributed by atoms with E-state index in [4.69, 9.17) is 0 Å². The average molecular weight is 383 g/mol. The molecule has 3 rings (SSSR count). The fourth-order valence-corrected chi connectivity index (χ4v) is 3.12. The van der Waals surface area contributed by atoms with Crippen molar-refractivity contribution >= 4 is 23.4 Å². The number of halogens is 1. The first-order valence-corrected chi connectivity index (χ1v) is 9.17. The van der Waals surface area contributed by atoms with E-state index in [1.54, 1.807) is 12.4 Å². The molecule has 0 unspecified atom stereocenters. The van der Waals surface area contributed by atoms with Gasteiger partial charge in [-0.15, -0.1) is 10.2 Å². The van der Waals surface area contributed by atoms with Crippen molar-refractivity contribution in [3.05, 3.63) is 66.8 Å². The fraction of sp³-hybridized carbons (Fsp3) is 0.158. The molecule has 0 saturated heterocycles. The number of aromatic nitrogens is 4. The minimum atomic E-state index is -0.348. The summed E-state index contributed by atoms with van der Waals surface area (Å²) in [5.41, 5.74) is 2.38. The highest BCUT2D eigenvalue weighted by Gasteiger charge is 2.16. The Morgan fingerprint density at radius 2 is 1.89 bits per heavy atom. The van der Waals surface area contributed by atoms with Gasteiger partial charge in [0, 0.05) is 30.2 Å². The zero-order chi connectivity index (χ0) is 19.2. The predicted octanol–water partition coefficient (Wildman–Crippen LogP) is 3.79. The summed E-state index contributed by atoms with van der Waals surface area (Å²) in [4.78, 5) is 16.2. The van der Waals surface area contributed by atoms with Crippen LogP contribution < -0.4 is 5.32 Å². The molecule has 2 aromatic heterocycles. The molecular weight excluding hydrogens is 365 g/mol. The Hall–Kier alpha value is -3.00. The van der Waals surface area contributed by atoms with E-state index in [2.05, 4.69) is 27.1 Å². The van der Waals surface area contributed by atoms with E-state index < -0.39 is 0 Å². The van der Waals surface area contributed by atoms with Crippen LogP contribution in [0.1, 0.15) is 6.92 Å². The highest BCUT2D eigenvalue weighted by atomic mass is 32.2. The number of carbonyl (C=O) groups is 1. The normalized spacial score (nSPS) is 10.6. The molecule has 0 bridgehead atoms. The third kappa shape index (κ3) is 5.01. The molecule has 1 N–H and O–H groups in total. The van der Waals surface area contributed by atoms with Crippen LogP contribution in [0.4, 0.5) is 10.1 Å². The van der Waals surface area contributed by atoms with Crippen LogP contribution in [-0.4, -0.2) is 31.4 Å². The van der Waals surface area contributed by atoms with E-state index in [1.165, 1.54) is 36.0 Å². The number of carbonyl (C=O) groups excluding carboxylic acids is 1. The number of benzene rings is 1. The lowest BCUT2D eigenvalue weighted by Gasteiger charge is -2.10. The third-order valence-corrected chi connectivity index (χ3v) is 4.51. The lowest BCUT2D eigenvalue weighted by atomic mass is 10.2. The molecule has 8 heteroatoms. The molecule has 0 spiro atoms. The highest BCUT2D eigenvalue weighted by Crippen LogP contribution is 2.24. The van der Waals surface area contributed by atoms with Crippen LogP contribution in [0.3, 0.4) is 0 Å². The lowest BCUT2D eigenvalue weighted by molar-refractivity contribution is -0.113. The van der Waals surface area contributed by atoms with Gasteiger partial charge in [0.1, 0.15) is 5.82 Å². The summed E-state index contributed by atoms with van der Waals surface area (Å²) in [5, 5.41) is 11.8. The first-order chi connectivity index (χ1) is 13.0. The minimum absolute atomic E-state index is 0.155. The second kappa shape index (κ2) is 8.59. The number of rotatable bonds is 7. The van der Waals surface area contributed by atoms with E-state index in [0.29, 0.717) is 23.2 Å². The maximum atomic E-state index is 12.9. The van der Waals surface area contributed by atoms with Gasteiger partial charge < -0.3 is 5.32 Å². The zero-order valence-electron chi connectivity index (χ0n) is 14.7. The predicted molar refractivity (Wildman–Crippen MR) is 104 cm³/mol. The molecule has 0 saturated carbocycles. The number of hydrogen-bond acceptors (Lipinski definition) is 5. The number of allylic oxidation sites excluding steroid dienone is 1. The van der Waals surface area contributed by atoms with Crippen LogP contribution in [-0.2, 0) is 11.3 Å². The summed E-state index contributed by atoms with van der Waals surface area (Å²) < 4.78 is 14.9. The molecule has 138 valence electrons. The zero-order valence-corrected chi connectivity index (χ0v) is 15.5. The summed E-state index contributed by atoms with van der Waals surface area (Å²) in [7, 11) is 0. The second-order valence-corrected chi connectivity index (χ2v) is 6.87. The third-order valence-electron chi connectivity index (χ3n) is 3.54. The second-order valence-electron chi connectivity index (χ2n) is 5.93. The number of hydrogen-bond donors (Lipinski definition) is 1. The van der Waals surface area contributed by atoms with Crippen LogP contribution in [0.25, 0.3) is 11.4 Å². The summed E-state index contributed by atoms with van der Waals surface area (Å²) in [6.45, 7) is 6.43. The molecular formula is C19H18FN5OS. The van der Waals surface area contributed by atoms with Crippen molar-refractivity contribution in [1.82, 2.24) is 19.7 Å². The van der Waals surface area contributed by atoms with Crippen LogP contribution in [0.2, 0.25) is 0 Å². The van der Waals surface area contributed by atoms with Gasteiger partial charge in [-0.2, -0.15) is 0 Å². The van der Waals surface area contributed by atoms with Gasteiger partial charge in [0.25, 0.3) is 0 Å². The molecule has 3 aromatic rings. The smallest absolute Gasteiger partial charge is 0.234 e. The standard InChI is InChI=1S/C19H18FN5OS/c1-13(2)11-25-18(14-7-9-21-10-8-14)23-24-19(25)27-12-17(26)22-16-5-3-15(20)4-6-16/h3-10H,1,11-12H2,2H3,(H,22,26). The van der Waals surface area contributed by atoms with Crippen molar-refractivity contribution in [1.29, 1.82) is 0 Å². The van der Waals surface area contributed by atoms with Crippen LogP contribution in [0.5, 0.6) is 0 Å². The largest absolute Gasteiger partial charge is 0.325 e. The van der Waals surface area contributed by atoms with Gasteiger partial charge in [0.15, 0.2) is 11.0 Å². The Morgan fingerprint density at radius 3 is 2.56 bits per heavy atom. The van der Waals surface area contributed by atoms with Crippen molar-refractivity contribution in [2.45, 2.75) is 18.6 Å². The fourth-order valence-electron chi connectivity index (χ4n) is 2.38. The Morgan fingerprint density at radius 1 is 1.19 bits per heavy atom. The SMILES string of the molecule is C=C(C)Cn1c(SCC(=O)Nc2ccc(F)cc2)nnc1-c1ccncc1. The van der Waals surface area contributed by atoms with E-state index in [1.807, 2.05) is 23.6 Å². The maximum Gasteiger partial charge on any atom is 0.234 e. The average Bonchev–Trinajstić information content (AvgIpc) is 3.04. The van der Waals surface area contributed by atoms with Crippen molar-refractivity contribution in [2.75, 3.05) is 11.1 Å².